The van der Waals surface area contributed by atoms with Crippen LogP contribution in [0.15, 0.2) is 47.1 Å². The fraction of sp³-hybridized carbons (Fsp3) is 0.267. The van der Waals surface area contributed by atoms with Gasteiger partial charge in [0.05, 0.1) is 6.26 Å². The van der Waals surface area contributed by atoms with Gasteiger partial charge in [0.1, 0.15) is 0 Å². The Morgan fingerprint density at radius 2 is 2.00 bits per heavy atom. The number of amides is 1. The topological polar surface area (TPSA) is 42.2 Å². The molecule has 18 heavy (non-hydrogen) atoms. The lowest BCUT2D eigenvalue weighted by atomic mass is 9.99. The molecule has 1 N–H and O–H groups in total. The summed E-state index contributed by atoms with van der Waals surface area (Å²) in [4.78, 5) is 11.7. The second-order valence-corrected chi connectivity index (χ2v) is 4.36. The van der Waals surface area contributed by atoms with Crippen molar-refractivity contribution in [1.82, 2.24) is 0 Å². The predicted molar refractivity (Wildman–Crippen MR) is 71.8 cm³/mol. The van der Waals surface area contributed by atoms with E-state index in [4.69, 9.17) is 4.42 Å². The van der Waals surface area contributed by atoms with E-state index in [0.29, 0.717) is 11.7 Å². The molecule has 1 amide bonds. The van der Waals surface area contributed by atoms with Gasteiger partial charge in [-0.15, -0.1) is 0 Å². The van der Waals surface area contributed by atoms with Crippen LogP contribution in [-0.2, 0) is 0 Å². The van der Waals surface area contributed by atoms with E-state index in [2.05, 4.69) is 19.2 Å². The van der Waals surface area contributed by atoms with Crippen LogP contribution in [0.1, 0.15) is 42.3 Å². The summed E-state index contributed by atoms with van der Waals surface area (Å²) in [6, 6.07) is 11.3. The minimum Gasteiger partial charge on any atom is -0.459 e. The Morgan fingerprint density at radius 3 is 2.56 bits per heavy atom. The number of hydrogen-bond donors (Lipinski definition) is 1. The zero-order valence-electron chi connectivity index (χ0n) is 10.6. The molecule has 94 valence electrons. The van der Waals surface area contributed by atoms with E-state index in [1.165, 1.54) is 11.8 Å². The van der Waals surface area contributed by atoms with Crippen LogP contribution in [0.5, 0.6) is 0 Å². The summed E-state index contributed by atoms with van der Waals surface area (Å²) < 4.78 is 5.03. The fourth-order valence-electron chi connectivity index (χ4n) is 1.73. The van der Waals surface area contributed by atoms with Crippen LogP contribution in [0, 0.1) is 0 Å². The smallest absolute Gasteiger partial charge is 0.291 e. The number of nitrogens with one attached hydrogen (secondary N) is 1. The summed E-state index contributed by atoms with van der Waals surface area (Å²) in [6.45, 7) is 4.35. The highest BCUT2D eigenvalue weighted by Crippen LogP contribution is 2.20. The lowest BCUT2D eigenvalue weighted by molar-refractivity contribution is 0.0996. The molecule has 0 saturated carbocycles. The molecule has 2 rings (SSSR count). The third-order valence-electron chi connectivity index (χ3n) is 3.09. The van der Waals surface area contributed by atoms with E-state index < -0.39 is 0 Å². The first-order valence-electron chi connectivity index (χ1n) is 6.15. The lowest BCUT2D eigenvalue weighted by Crippen LogP contribution is -2.10. The molecule has 0 fully saturated rings. The van der Waals surface area contributed by atoms with Gasteiger partial charge in [0, 0.05) is 5.69 Å². The molecular weight excluding hydrogens is 226 g/mol. The van der Waals surface area contributed by atoms with Crippen molar-refractivity contribution >= 4 is 11.6 Å². The van der Waals surface area contributed by atoms with Crippen molar-refractivity contribution in [2.75, 3.05) is 5.32 Å². The maximum Gasteiger partial charge on any atom is 0.291 e. The van der Waals surface area contributed by atoms with E-state index in [9.17, 15) is 4.79 Å². The van der Waals surface area contributed by atoms with Crippen molar-refractivity contribution in [3.8, 4) is 0 Å². The van der Waals surface area contributed by atoms with Crippen LogP contribution in [-0.4, -0.2) is 5.91 Å². The summed E-state index contributed by atoms with van der Waals surface area (Å²) in [5, 5.41) is 2.80. The maximum absolute atomic E-state index is 11.7. The van der Waals surface area contributed by atoms with E-state index in [0.717, 1.165) is 12.1 Å². The monoisotopic (exact) mass is 243 g/mol. The Labute approximate surface area is 107 Å². The molecule has 3 nitrogen and oxygen atoms in total. The summed E-state index contributed by atoms with van der Waals surface area (Å²) in [5.41, 5.74) is 2.07. The molecule has 0 aliphatic rings. The van der Waals surface area contributed by atoms with Gasteiger partial charge < -0.3 is 9.73 Å². The van der Waals surface area contributed by atoms with E-state index in [1.54, 1.807) is 12.1 Å². The molecule has 3 heteroatoms. The Hall–Kier alpha value is -2.03. The molecule has 0 aliphatic carbocycles. The number of benzene rings is 1. The van der Waals surface area contributed by atoms with Crippen LogP contribution in [0.3, 0.4) is 0 Å². The largest absolute Gasteiger partial charge is 0.459 e. The molecule has 0 saturated heterocycles. The van der Waals surface area contributed by atoms with Gasteiger partial charge in [-0.25, -0.2) is 0 Å². The minimum absolute atomic E-state index is 0.226. The Bertz CT molecular complexity index is 500. The Morgan fingerprint density at radius 1 is 1.28 bits per heavy atom. The zero-order chi connectivity index (χ0) is 13.0. The standard InChI is InChI=1S/C15H17NO2/c1-3-11(2)12-6-8-13(9-7-12)16-15(17)14-5-4-10-18-14/h4-11H,3H2,1-2H3,(H,16,17)/t11-/m1/s1. The summed E-state index contributed by atoms with van der Waals surface area (Å²) in [5.74, 6) is 0.636. The molecule has 0 bridgehead atoms. The van der Waals surface area contributed by atoms with Gasteiger partial charge in [0.15, 0.2) is 5.76 Å². The molecule has 0 unspecified atom stereocenters. The minimum atomic E-state index is -0.226. The van der Waals surface area contributed by atoms with Crippen molar-refractivity contribution in [1.29, 1.82) is 0 Å². The molecule has 1 heterocycles. The molecule has 1 atom stereocenters. The molecule has 0 radical (unpaired) electrons. The molecule has 1 aromatic heterocycles. The number of hydrogen-bond acceptors (Lipinski definition) is 2. The van der Waals surface area contributed by atoms with E-state index in [-0.39, 0.29) is 5.91 Å². The van der Waals surface area contributed by atoms with Gasteiger partial charge >= 0.3 is 0 Å². The highest BCUT2D eigenvalue weighted by molar-refractivity contribution is 6.02. The summed E-state index contributed by atoms with van der Waals surface area (Å²) in [7, 11) is 0. The highest BCUT2D eigenvalue weighted by Gasteiger charge is 2.09. The Kier molecular flexibility index (Phi) is 3.82. The summed E-state index contributed by atoms with van der Waals surface area (Å²) in [6.07, 6.45) is 2.60. The molecular formula is C15H17NO2. The first-order valence-corrected chi connectivity index (χ1v) is 6.15. The van der Waals surface area contributed by atoms with Crippen molar-refractivity contribution in [3.05, 3.63) is 54.0 Å². The average molecular weight is 243 g/mol. The van der Waals surface area contributed by atoms with Gasteiger partial charge in [-0.1, -0.05) is 26.0 Å². The lowest BCUT2D eigenvalue weighted by Gasteiger charge is -2.10. The van der Waals surface area contributed by atoms with E-state index in [1.807, 2.05) is 24.3 Å². The van der Waals surface area contributed by atoms with Crippen LogP contribution in [0.25, 0.3) is 0 Å². The fourth-order valence-corrected chi connectivity index (χ4v) is 1.73. The SMILES string of the molecule is CC[C@@H](C)c1ccc(NC(=O)c2ccco2)cc1. The van der Waals surface area contributed by atoms with Crippen LogP contribution in [0.2, 0.25) is 0 Å². The van der Waals surface area contributed by atoms with Gasteiger partial charge in [-0.2, -0.15) is 0 Å². The van der Waals surface area contributed by atoms with E-state index >= 15 is 0 Å². The number of anilines is 1. The third kappa shape index (κ3) is 2.80. The van der Waals surface area contributed by atoms with Gasteiger partial charge in [0.2, 0.25) is 0 Å². The zero-order valence-corrected chi connectivity index (χ0v) is 10.6. The average Bonchev–Trinajstić information content (AvgIpc) is 2.92. The molecule has 0 spiro atoms. The molecule has 2 aromatic rings. The summed E-state index contributed by atoms with van der Waals surface area (Å²) >= 11 is 0. The number of carbonyl (C=O) groups excluding carboxylic acids is 1. The highest BCUT2D eigenvalue weighted by atomic mass is 16.3. The first-order chi connectivity index (χ1) is 8.70. The van der Waals surface area contributed by atoms with Crippen LogP contribution < -0.4 is 5.32 Å². The normalized spacial score (nSPS) is 12.1. The quantitative estimate of drug-likeness (QED) is 0.880. The second-order valence-electron chi connectivity index (χ2n) is 4.36. The van der Waals surface area contributed by atoms with Crippen LogP contribution >= 0.6 is 0 Å². The van der Waals surface area contributed by atoms with Crippen molar-refractivity contribution in [2.24, 2.45) is 0 Å². The van der Waals surface area contributed by atoms with Gasteiger partial charge in [0.25, 0.3) is 5.91 Å². The molecule has 1 aromatic carbocycles. The molecule has 0 aliphatic heterocycles. The second kappa shape index (κ2) is 5.54. The van der Waals surface area contributed by atoms with Gasteiger partial charge in [-0.3, -0.25) is 4.79 Å². The van der Waals surface area contributed by atoms with Crippen molar-refractivity contribution in [3.63, 3.8) is 0 Å². The Balaban J connectivity index is 2.04. The van der Waals surface area contributed by atoms with Crippen molar-refractivity contribution in [2.45, 2.75) is 26.2 Å². The number of rotatable bonds is 4. The van der Waals surface area contributed by atoms with Crippen molar-refractivity contribution < 1.29 is 9.21 Å². The number of carbonyl (C=O) groups is 1. The third-order valence-corrected chi connectivity index (χ3v) is 3.09. The maximum atomic E-state index is 11.7. The predicted octanol–water partition coefficient (Wildman–Crippen LogP) is 4.05. The number of furan rings is 1. The first kappa shape index (κ1) is 12.4. The van der Waals surface area contributed by atoms with Gasteiger partial charge in [-0.05, 0) is 42.2 Å². The van der Waals surface area contributed by atoms with Crippen LogP contribution in [0.4, 0.5) is 5.69 Å².